The van der Waals surface area contributed by atoms with Gasteiger partial charge in [0, 0.05) is 18.5 Å². The molecule has 0 fully saturated rings. The van der Waals surface area contributed by atoms with Crippen LogP contribution in [0.3, 0.4) is 0 Å². The van der Waals surface area contributed by atoms with E-state index in [-0.39, 0.29) is 25.3 Å². The lowest BCUT2D eigenvalue weighted by Crippen LogP contribution is -2.47. The zero-order valence-corrected chi connectivity index (χ0v) is 18.4. The maximum atomic E-state index is 12.5. The Hall–Kier alpha value is -3.88. The van der Waals surface area contributed by atoms with Crippen molar-refractivity contribution in [1.29, 1.82) is 5.41 Å². The van der Waals surface area contributed by atoms with E-state index in [4.69, 9.17) is 21.0 Å². The van der Waals surface area contributed by atoms with Gasteiger partial charge in [0.05, 0.1) is 0 Å². The fourth-order valence-electron chi connectivity index (χ4n) is 3.08. The molecule has 2 rings (SSSR count). The minimum Gasteiger partial charge on any atom is -0.481 e. The summed E-state index contributed by atoms with van der Waals surface area (Å²) < 4.78 is 5.13. The number of amidine groups is 1. The van der Waals surface area contributed by atoms with Crippen molar-refractivity contribution in [2.24, 2.45) is 5.73 Å². The molecule has 0 aromatic heterocycles. The van der Waals surface area contributed by atoms with Crippen molar-refractivity contribution in [2.45, 2.75) is 44.8 Å². The number of amides is 2. The molecule has 0 aliphatic rings. The van der Waals surface area contributed by atoms with Crippen molar-refractivity contribution in [3.05, 3.63) is 71.3 Å². The standard InChI is InChI=1S/C24H30N4O5/c25-22(26)19-11-9-17(10-12-19)6-4-5-15-27-23(31)20(13-14-21(29)30)28-24(32)33-16-18-7-2-1-3-8-18/h1-3,7-12,20H,4-6,13-16H2,(H3,25,26)(H,27,31)(H,28,32)(H,29,30)/t20-/m0/s1. The third kappa shape index (κ3) is 9.86. The number of carbonyl (C=O) groups excluding carboxylic acids is 2. The van der Waals surface area contributed by atoms with E-state index in [0.29, 0.717) is 18.5 Å². The Balaban J connectivity index is 1.75. The van der Waals surface area contributed by atoms with Crippen LogP contribution in [0.1, 0.15) is 42.4 Å². The molecule has 0 aliphatic carbocycles. The van der Waals surface area contributed by atoms with Crippen LogP contribution in [0.25, 0.3) is 0 Å². The molecule has 9 heteroatoms. The molecule has 0 radical (unpaired) electrons. The topological polar surface area (TPSA) is 155 Å². The second-order valence-electron chi connectivity index (χ2n) is 7.55. The van der Waals surface area contributed by atoms with Crippen LogP contribution in [0.5, 0.6) is 0 Å². The molecule has 2 aromatic carbocycles. The highest BCUT2D eigenvalue weighted by Crippen LogP contribution is 2.08. The largest absolute Gasteiger partial charge is 0.481 e. The fraction of sp³-hybridized carbons (Fsp3) is 0.333. The number of nitrogens with two attached hydrogens (primary N) is 1. The molecule has 2 aromatic rings. The van der Waals surface area contributed by atoms with Crippen LogP contribution in [0, 0.1) is 5.41 Å². The number of ether oxygens (including phenoxy) is 1. The average molecular weight is 455 g/mol. The van der Waals surface area contributed by atoms with E-state index in [1.807, 2.05) is 30.3 Å². The monoisotopic (exact) mass is 454 g/mol. The Kier molecular flexibility index (Phi) is 10.4. The predicted octanol–water partition coefficient (Wildman–Crippen LogP) is 2.57. The summed E-state index contributed by atoms with van der Waals surface area (Å²) in [4.78, 5) is 35.5. The van der Waals surface area contributed by atoms with Gasteiger partial charge in [-0.25, -0.2) is 4.79 Å². The molecular weight excluding hydrogens is 424 g/mol. The molecular formula is C24H30N4O5. The normalized spacial score (nSPS) is 11.3. The van der Waals surface area contributed by atoms with Crippen LogP contribution in [0.4, 0.5) is 4.79 Å². The summed E-state index contributed by atoms with van der Waals surface area (Å²) in [6, 6.07) is 15.5. The lowest BCUT2D eigenvalue weighted by Gasteiger charge is -2.18. The number of carboxylic acids is 1. The van der Waals surface area contributed by atoms with Crippen molar-refractivity contribution in [2.75, 3.05) is 6.54 Å². The van der Waals surface area contributed by atoms with E-state index in [2.05, 4.69) is 10.6 Å². The number of aliphatic carboxylic acids is 1. The Bertz CT molecular complexity index is 932. The van der Waals surface area contributed by atoms with E-state index >= 15 is 0 Å². The van der Waals surface area contributed by atoms with Crippen molar-refractivity contribution in [3.8, 4) is 0 Å². The molecule has 1 atom stereocenters. The zero-order chi connectivity index (χ0) is 24.1. The average Bonchev–Trinajstić information content (AvgIpc) is 2.81. The highest BCUT2D eigenvalue weighted by atomic mass is 16.5. The van der Waals surface area contributed by atoms with E-state index in [9.17, 15) is 14.4 Å². The fourth-order valence-corrected chi connectivity index (χ4v) is 3.08. The molecule has 0 bridgehead atoms. The third-order valence-corrected chi connectivity index (χ3v) is 4.92. The van der Waals surface area contributed by atoms with Gasteiger partial charge >= 0.3 is 12.1 Å². The number of nitrogen functional groups attached to an aromatic ring is 1. The van der Waals surface area contributed by atoms with Crippen molar-refractivity contribution in [3.63, 3.8) is 0 Å². The Morgan fingerprint density at radius 2 is 1.70 bits per heavy atom. The van der Waals surface area contributed by atoms with Gasteiger partial charge in [0.1, 0.15) is 18.5 Å². The maximum Gasteiger partial charge on any atom is 0.408 e. The van der Waals surface area contributed by atoms with E-state index in [1.165, 1.54) is 0 Å². The Labute approximate surface area is 192 Å². The molecule has 176 valence electrons. The first-order valence-corrected chi connectivity index (χ1v) is 10.7. The molecule has 0 heterocycles. The van der Waals surface area contributed by atoms with Gasteiger partial charge in [-0.1, -0.05) is 54.6 Å². The van der Waals surface area contributed by atoms with Crippen molar-refractivity contribution < 1.29 is 24.2 Å². The highest BCUT2D eigenvalue weighted by molar-refractivity contribution is 5.94. The molecule has 0 spiro atoms. The minimum absolute atomic E-state index is 0.0271. The second kappa shape index (κ2) is 13.5. The van der Waals surface area contributed by atoms with Crippen LogP contribution in [0.15, 0.2) is 54.6 Å². The summed E-state index contributed by atoms with van der Waals surface area (Å²) in [7, 11) is 0. The Morgan fingerprint density at radius 1 is 1.00 bits per heavy atom. The number of unbranched alkanes of at least 4 members (excludes halogenated alkanes) is 1. The van der Waals surface area contributed by atoms with Gasteiger partial charge in [-0.2, -0.15) is 0 Å². The number of carbonyl (C=O) groups is 3. The first-order chi connectivity index (χ1) is 15.8. The second-order valence-corrected chi connectivity index (χ2v) is 7.55. The van der Waals surface area contributed by atoms with E-state index < -0.39 is 24.0 Å². The molecule has 0 aliphatic heterocycles. The molecule has 2 amide bonds. The molecule has 6 N–H and O–H groups in total. The first-order valence-electron chi connectivity index (χ1n) is 10.7. The van der Waals surface area contributed by atoms with Crippen molar-refractivity contribution in [1.82, 2.24) is 10.6 Å². The number of rotatable bonds is 13. The summed E-state index contributed by atoms with van der Waals surface area (Å²) >= 11 is 0. The van der Waals surface area contributed by atoms with Gasteiger partial charge in [-0.15, -0.1) is 0 Å². The van der Waals surface area contributed by atoms with Gasteiger partial charge in [-0.05, 0) is 36.8 Å². The van der Waals surface area contributed by atoms with Gasteiger partial charge in [0.2, 0.25) is 5.91 Å². The summed E-state index contributed by atoms with van der Waals surface area (Å²) in [5.74, 6) is -1.47. The Morgan fingerprint density at radius 3 is 2.33 bits per heavy atom. The van der Waals surface area contributed by atoms with Crippen molar-refractivity contribution >= 4 is 23.8 Å². The number of alkyl carbamates (subject to hydrolysis) is 1. The molecule has 0 saturated carbocycles. The molecule has 9 nitrogen and oxygen atoms in total. The number of hydrogen-bond donors (Lipinski definition) is 5. The maximum absolute atomic E-state index is 12.5. The van der Waals surface area contributed by atoms with E-state index in [1.54, 1.807) is 24.3 Å². The van der Waals surface area contributed by atoms with Gasteiger partial charge in [0.25, 0.3) is 0 Å². The summed E-state index contributed by atoms with van der Waals surface area (Å²) in [6.45, 7) is 0.446. The smallest absolute Gasteiger partial charge is 0.408 e. The lowest BCUT2D eigenvalue weighted by atomic mass is 10.1. The number of nitrogens with one attached hydrogen (secondary N) is 3. The number of carboxylic acid groups (broad SMARTS) is 1. The van der Waals surface area contributed by atoms with Gasteiger partial charge in [0.15, 0.2) is 0 Å². The van der Waals surface area contributed by atoms with Crippen LogP contribution in [0.2, 0.25) is 0 Å². The molecule has 33 heavy (non-hydrogen) atoms. The number of hydrogen-bond acceptors (Lipinski definition) is 5. The number of benzene rings is 2. The van der Waals surface area contributed by atoms with Crippen LogP contribution < -0.4 is 16.4 Å². The summed E-state index contributed by atoms with van der Waals surface area (Å²) in [5.41, 5.74) is 8.02. The lowest BCUT2D eigenvalue weighted by molar-refractivity contribution is -0.137. The van der Waals surface area contributed by atoms with E-state index in [0.717, 1.165) is 24.0 Å². The SMILES string of the molecule is N=C(N)c1ccc(CCCCNC(=O)[C@H](CCC(=O)O)NC(=O)OCc2ccccc2)cc1. The van der Waals surface area contributed by atoms with Crippen LogP contribution >= 0.6 is 0 Å². The summed E-state index contributed by atoms with van der Waals surface area (Å²) in [5, 5.41) is 21.5. The molecule has 0 unspecified atom stereocenters. The first kappa shape index (κ1) is 25.4. The minimum atomic E-state index is -1.05. The molecule has 0 saturated heterocycles. The number of aryl methyl sites for hydroxylation is 1. The quantitative estimate of drug-likeness (QED) is 0.178. The van der Waals surface area contributed by atoms with Crippen LogP contribution in [-0.4, -0.2) is 41.5 Å². The third-order valence-electron chi connectivity index (χ3n) is 4.92. The highest BCUT2D eigenvalue weighted by Gasteiger charge is 2.22. The van der Waals surface area contributed by atoms with Gasteiger partial charge < -0.3 is 26.2 Å². The van der Waals surface area contributed by atoms with Gasteiger partial charge in [-0.3, -0.25) is 15.0 Å². The van der Waals surface area contributed by atoms with Crippen LogP contribution in [-0.2, 0) is 27.4 Å². The summed E-state index contributed by atoms with van der Waals surface area (Å²) in [6.07, 6.45) is 1.27. The zero-order valence-electron chi connectivity index (χ0n) is 18.4. The predicted molar refractivity (Wildman–Crippen MR) is 124 cm³/mol.